The van der Waals surface area contributed by atoms with Gasteiger partial charge in [-0.05, 0) is 40.9 Å². The monoisotopic (exact) mass is 356 g/mol. The number of nitro groups is 1. The van der Waals surface area contributed by atoms with Gasteiger partial charge >= 0.3 is 0 Å². The fourth-order valence-corrected chi connectivity index (χ4v) is 2.64. The zero-order valence-electron chi connectivity index (χ0n) is 11.4. The molecule has 2 rings (SSSR count). The maximum Gasteiger partial charge on any atom is 0.285 e. The van der Waals surface area contributed by atoms with Crippen molar-refractivity contribution in [1.82, 2.24) is 4.90 Å². The van der Waals surface area contributed by atoms with Crippen LogP contribution in [0.3, 0.4) is 0 Å². The Labute approximate surface area is 130 Å². The number of carbonyl (C=O) groups is 1. The summed E-state index contributed by atoms with van der Waals surface area (Å²) in [6, 6.07) is 4.74. The number of nitro benzene ring substituents is 1. The van der Waals surface area contributed by atoms with Gasteiger partial charge in [0, 0.05) is 30.9 Å². The molecule has 1 aliphatic heterocycles. The smallest absolute Gasteiger partial charge is 0.285 e. The van der Waals surface area contributed by atoms with Crippen LogP contribution in [0.25, 0.3) is 0 Å². The van der Waals surface area contributed by atoms with E-state index >= 15 is 0 Å². The van der Waals surface area contributed by atoms with Gasteiger partial charge in [0.05, 0.1) is 15.9 Å². The summed E-state index contributed by atoms with van der Waals surface area (Å²) in [5, 5.41) is 13.5. The van der Waals surface area contributed by atoms with E-state index in [1.165, 1.54) is 6.07 Å². The third-order valence-electron chi connectivity index (χ3n) is 3.43. The molecule has 7 nitrogen and oxygen atoms in total. The van der Waals surface area contributed by atoms with Crippen molar-refractivity contribution in [3.8, 4) is 0 Å². The molecular formula is C13H17BrN4O3. The summed E-state index contributed by atoms with van der Waals surface area (Å²) in [6.07, 6.45) is 1.77. The van der Waals surface area contributed by atoms with Gasteiger partial charge in [0.25, 0.3) is 5.69 Å². The predicted octanol–water partition coefficient (Wildman–Crippen LogP) is 1.72. The zero-order chi connectivity index (χ0) is 15.4. The topological polar surface area (TPSA) is 102 Å². The molecule has 1 fully saturated rings. The van der Waals surface area contributed by atoms with Crippen molar-refractivity contribution in [3.63, 3.8) is 0 Å². The van der Waals surface area contributed by atoms with Crippen molar-refractivity contribution in [2.45, 2.75) is 18.9 Å². The molecule has 21 heavy (non-hydrogen) atoms. The molecule has 0 aromatic heterocycles. The van der Waals surface area contributed by atoms with E-state index < -0.39 is 4.92 Å². The van der Waals surface area contributed by atoms with Crippen LogP contribution in [0.1, 0.15) is 12.8 Å². The number of amides is 1. The number of nitrogens with zero attached hydrogens (tertiary/aromatic N) is 2. The number of nitrogens with one attached hydrogen (secondary N) is 1. The SMILES string of the molecule is NC1CCN(CC(=O)Nc2ccc(Br)c([N+](=O)[O-])c2)CC1. The van der Waals surface area contributed by atoms with E-state index in [0.717, 1.165) is 25.9 Å². The van der Waals surface area contributed by atoms with Gasteiger partial charge in [-0.2, -0.15) is 0 Å². The van der Waals surface area contributed by atoms with Gasteiger partial charge in [-0.15, -0.1) is 0 Å². The normalized spacial score (nSPS) is 16.7. The quantitative estimate of drug-likeness (QED) is 0.631. The summed E-state index contributed by atoms with van der Waals surface area (Å²) < 4.78 is 0.385. The maximum absolute atomic E-state index is 12.0. The molecular weight excluding hydrogens is 340 g/mol. The van der Waals surface area contributed by atoms with Gasteiger partial charge < -0.3 is 11.1 Å². The highest BCUT2D eigenvalue weighted by atomic mass is 79.9. The summed E-state index contributed by atoms with van der Waals surface area (Å²) in [7, 11) is 0. The van der Waals surface area contributed by atoms with Crippen molar-refractivity contribution in [1.29, 1.82) is 0 Å². The van der Waals surface area contributed by atoms with Crippen LogP contribution in [-0.2, 0) is 4.79 Å². The Balaban J connectivity index is 1.93. The summed E-state index contributed by atoms with van der Waals surface area (Å²) in [5.74, 6) is -0.179. The summed E-state index contributed by atoms with van der Waals surface area (Å²) >= 11 is 3.11. The van der Waals surface area contributed by atoms with E-state index in [1.54, 1.807) is 12.1 Å². The number of nitrogens with two attached hydrogens (primary N) is 1. The van der Waals surface area contributed by atoms with Crippen LogP contribution in [0.15, 0.2) is 22.7 Å². The van der Waals surface area contributed by atoms with E-state index in [2.05, 4.69) is 21.2 Å². The molecule has 0 aliphatic carbocycles. The van der Waals surface area contributed by atoms with Gasteiger partial charge in [-0.25, -0.2) is 0 Å². The van der Waals surface area contributed by atoms with Crippen LogP contribution in [0.2, 0.25) is 0 Å². The van der Waals surface area contributed by atoms with Gasteiger partial charge in [0.15, 0.2) is 0 Å². The van der Waals surface area contributed by atoms with Crippen molar-refractivity contribution in [3.05, 3.63) is 32.8 Å². The number of hydrogen-bond acceptors (Lipinski definition) is 5. The second kappa shape index (κ2) is 6.97. The molecule has 1 saturated heterocycles. The average molecular weight is 357 g/mol. The molecule has 8 heteroatoms. The molecule has 0 bridgehead atoms. The number of carbonyl (C=O) groups excluding carboxylic acids is 1. The number of hydrogen-bond donors (Lipinski definition) is 2. The number of benzene rings is 1. The number of piperidine rings is 1. The lowest BCUT2D eigenvalue weighted by Gasteiger charge is -2.29. The minimum Gasteiger partial charge on any atom is -0.328 e. The van der Waals surface area contributed by atoms with Crippen LogP contribution >= 0.6 is 15.9 Å². The lowest BCUT2D eigenvalue weighted by Crippen LogP contribution is -2.43. The van der Waals surface area contributed by atoms with Gasteiger partial charge in [-0.3, -0.25) is 19.8 Å². The second-order valence-corrected chi connectivity index (χ2v) is 5.94. The third kappa shape index (κ3) is 4.48. The number of likely N-dealkylation sites (tertiary alicyclic amines) is 1. The molecule has 0 spiro atoms. The summed E-state index contributed by atoms with van der Waals surface area (Å²) in [4.78, 5) is 24.4. The molecule has 0 radical (unpaired) electrons. The highest BCUT2D eigenvalue weighted by molar-refractivity contribution is 9.10. The molecule has 1 aromatic rings. The first-order chi connectivity index (χ1) is 9.95. The van der Waals surface area contributed by atoms with Crippen molar-refractivity contribution in [2.75, 3.05) is 25.0 Å². The summed E-state index contributed by atoms with van der Waals surface area (Å²) in [6.45, 7) is 1.88. The molecule has 0 unspecified atom stereocenters. The van der Waals surface area contributed by atoms with Gasteiger partial charge in [-0.1, -0.05) is 0 Å². The summed E-state index contributed by atoms with van der Waals surface area (Å²) in [5.41, 5.74) is 6.16. The first kappa shape index (κ1) is 15.9. The molecule has 1 aliphatic rings. The van der Waals surface area contributed by atoms with Crippen LogP contribution in [0.5, 0.6) is 0 Å². The second-order valence-electron chi connectivity index (χ2n) is 5.09. The van der Waals surface area contributed by atoms with Crippen LogP contribution in [-0.4, -0.2) is 41.4 Å². The van der Waals surface area contributed by atoms with E-state index in [0.29, 0.717) is 10.2 Å². The van der Waals surface area contributed by atoms with E-state index in [-0.39, 0.29) is 24.2 Å². The lowest BCUT2D eigenvalue weighted by atomic mass is 10.1. The Morgan fingerprint density at radius 2 is 2.14 bits per heavy atom. The molecule has 1 amide bonds. The van der Waals surface area contributed by atoms with E-state index in [1.807, 2.05) is 4.90 Å². The Morgan fingerprint density at radius 1 is 1.48 bits per heavy atom. The van der Waals surface area contributed by atoms with E-state index in [4.69, 9.17) is 5.73 Å². The molecule has 3 N–H and O–H groups in total. The Hall–Kier alpha value is -1.51. The molecule has 1 aromatic carbocycles. The van der Waals surface area contributed by atoms with E-state index in [9.17, 15) is 14.9 Å². The maximum atomic E-state index is 12.0. The molecule has 1 heterocycles. The van der Waals surface area contributed by atoms with Gasteiger partial charge in [0.2, 0.25) is 5.91 Å². The Bertz CT molecular complexity index is 544. The fourth-order valence-electron chi connectivity index (χ4n) is 2.24. The van der Waals surface area contributed by atoms with Crippen LogP contribution in [0.4, 0.5) is 11.4 Å². The van der Waals surface area contributed by atoms with Crippen LogP contribution < -0.4 is 11.1 Å². The Kier molecular flexibility index (Phi) is 5.27. The molecule has 0 saturated carbocycles. The van der Waals surface area contributed by atoms with Crippen molar-refractivity contribution in [2.24, 2.45) is 5.73 Å². The minimum absolute atomic E-state index is 0.0725. The van der Waals surface area contributed by atoms with Gasteiger partial charge in [0.1, 0.15) is 0 Å². The first-order valence-electron chi connectivity index (χ1n) is 6.67. The predicted molar refractivity (Wildman–Crippen MR) is 83.1 cm³/mol. The first-order valence-corrected chi connectivity index (χ1v) is 7.46. The number of anilines is 1. The third-order valence-corrected chi connectivity index (χ3v) is 4.10. The average Bonchev–Trinajstić information content (AvgIpc) is 2.43. The lowest BCUT2D eigenvalue weighted by molar-refractivity contribution is -0.385. The van der Waals surface area contributed by atoms with Crippen LogP contribution in [0, 0.1) is 10.1 Å². The van der Waals surface area contributed by atoms with Crippen molar-refractivity contribution < 1.29 is 9.72 Å². The highest BCUT2D eigenvalue weighted by Gasteiger charge is 2.19. The molecule has 0 atom stereocenters. The fraction of sp³-hybridized carbons (Fsp3) is 0.462. The number of halogens is 1. The largest absolute Gasteiger partial charge is 0.328 e. The highest BCUT2D eigenvalue weighted by Crippen LogP contribution is 2.27. The minimum atomic E-state index is -0.494. The van der Waals surface area contributed by atoms with Crippen molar-refractivity contribution >= 4 is 33.2 Å². The number of rotatable bonds is 4. The standard InChI is InChI=1S/C13H17BrN4O3/c14-11-2-1-10(7-12(11)18(20)21)16-13(19)8-17-5-3-9(15)4-6-17/h1-2,7,9H,3-6,8,15H2,(H,16,19). The Morgan fingerprint density at radius 3 is 2.76 bits per heavy atom. The zero-order valence-corrected chi connectivity index (χ0v) is 13.0. The molecule has 114 valence electrons.